The molecule has 0 aromatic heterocycles. The predicted octanol–water partition coefficient (Wildman–Crippen LogP) is 2.21. The Bertz CT molecular complexity index is 747. The van der Waals surface area contributed by atoms with Crippen LogP contribution >= 0.6 is 0 Å². The summed E-state index contributed by atoms with van der Waals surface area (Å²) in [6.07, 6.45) is 3.83. The van der Waals surface area contributed by atoms with Crippen molar-refractivity contribution in [3.05, 3.63) is 11.6 Å². The van der Waals surface area contributed by atoms with Crippen LogP contribution in [-0.4, -0.2) is 51.7 Å². The van der Waals surface area contributed by atoms with Gasteiger partial charge in [-0.15, -0.1) is 0 Å². The first-order chi connectivity index (χ1) is 13.1. The molecule has 0 aliphatic heterocycles. The van der Waals surface area contributed by atoms with Gasteiger partial charge >= 0.3 is 0 Å². The molecule has 0 bridgehead atoms. The minimum atomic E-state index is -1.05. The lowest BCUT2D eigenvalue weighted by molar-refractivity contribution is -0.151. The van der Waals surface area contributed by atoms with Gasteiger partial charge in [-0.25, -0.2) is 0 Å². The summed E-state index contributed by atoms with van der Waals surface area (Å²) in [6.45, 7) is 6.14. The Morgan fingerprint density at radius 2 is 1.89 bits per heavy atom. The van der Waals surface area contributed by atoms with E-state index in [1.807, 2.05) is 6.92 Å². The smallest absolute Gasteiger partial charge is 0.159 e. The number of hydrogen-bond donors (Lipinski definition) is 3. The van der Waals surface area contributed by atoms with Gasteiger partial charge in [0.1, 0.15) is 7.11 Å². The number of carbonyl (C=O) groups excluding carboxylic acids is 1. The van der Waals surface area contributed by atoms with Gasteiger partial charge in [-0.2, -0.15) is 0 Å². The maximum absolute atomic E-state index is 13.1. The average Bonchev–Trinajstić information content (AvgIpc) is 2.90. The predicted molar refractivity (Wildman–Crippen MR) is 105 cm³/mol. The fraction of sp³-hybridized carbons (Fsp3) is 0.818. The Kier molecular flexibility index (Phi) is 4.57. The normalized spacial score (nSPS) is 51.1. The number of allylic oxidation sites excluding steroid dienone is 1. The first-order valence-corrected chi connectivity index (χ1v) is 10.5. The van der Waals surface area contributed by atoms with Crippen LogP contribution in [0.5, 0.6) is 0 Å². The monoisotopic (exact) mass is 391 g/mol. The number of aliphatic hydroxyl groups is 3. The van der Waals surface area contributed by atoms with E-state index < -0.39 is 28.6 Å². The van der Waals surface area contributed by atoms with Gasteiger partial charge in [-0.05, 0) is 68.4 Å². The highest BCUT2D eigenvalue weighted by atomic mass is 16.6. The molecule has 156 valence electrons. The first kappa shape index (κ1) is 20.0. The molecule has 0 aromatic carbocycles. The van der Waals surface area contributed by atoms with Gasteiger partial charge in [0.15, 0.2) is 5.78 Å². The minimum absolute atomic E-state index is 0.0110. The molecule has 4 aliphatic rings. The van der Waals surface area contributed by atoms with Crippen molar-refractivity contribution in [2.24, 2.45) is 33.7 Å². The van der Waals surface area contributed by atoms with Crippen molar-refractivity contribution in [2.75, 3.05) is 7.11 Å². The number of nitrogens with zero attached hydrogens (tertiary/aromatic N) is 1. The Hall–Kier alpha value is -1.24. The molecule has 0 radical (unpaired) electrons. The van der Waals surface area contributed by atoms with Gasteiger partial charge in [0.25, 0.3) is 0 Å². The van der Waals surface area contributed by atoms with E-state index in [1.54, 1.807) is 6.08 Å². The quantitative estimate of drug-likeness (QED) is 0.495. The van der Waals surface area contributed by atoms with Crippen molar-refractivity contribution >= 4 is 11.5 Å². The van der Waals surface area contributed by atoms with Crippen LogP contribution in [0.3, 0.4) is 0 Å². The Balaban J connectivity index is 1.77. The maximum Gasteiger partial charge on any atom is 0.159 e. The number of ketones is 1. The fourth-order valence-corrected chi connectivity index (χ4v) is 7.25. The average molecular weight is 392 g/mol. The van der Waals surface area contributed by atoms with Gasteiger partial charge in [-0.1, -0.05) is 19.0 Å². The number of fused-ring (bicyclic) bond motifs is 5. The lowest BCUT2D eigenvalue weighted by Crippen LogP contribution is -2.60. The van der Waals surface area contributed by atoms with E-state index in [9.17, 15) is 20.1 Å². The number of oxime groups is 1. The van der Waals surface area contributed by atoms with Crippen molar-refractivity contribution in [2.45, 2.75) is 77.1 Å². The van der Waals surface area contributed by atoms with Crippen LogP contribution in [0.25, 0.3) is 0 Å². The largest absolute Gasteiger partial charge is 0.399 e. The number of carbonyl (C=O) groups is 1. The summed E-state index contributed by atoms with van der Waals surface area (Å²) in [7, 11) is 1.54. The topological polar surface area (TPSA) is 99.4 Å². The Morgan fingerprint density at radius 1 is 1.18 bits per heavy atom. The van der Waals surface area contributed by atoms with E-state index in [4.69, 9.17) is 4.84 Å². The van der Waals surface area contributed by atoms with Crippen LogP contribution in [0, 0.1) is 28.6 Å². The molecule has 0 amide bonds. The zero-order valence-electron chi connectivity index (χ0n) is 17.3. The van der Waals surface area contributed by atoms with Crippen LogP contribution in [0.2, 0.25) is 0 Å². The van der Waals surface area contributed by atoms with Gasteiger partial charge in [-0.3, -0.25) is 4.79 Å². The standard InChI is InChI=1S/C22H33NO5/c1-12(23-28-4)13-6-8-22(27)15-9-17(24)16-10-18(25)19(26)11-20(16,2)14(15)5-7-21(13,22)3/h9,13-14,16,18-19,25-27H,5-8,10-11H2,1-4H3/b23-12-. The molecule has 8 atom stereocenters. The van der Waals surface area contributed by atoms with E-state index >= 15 is 0 Å². The lowest BCUT2D eigenvalue weighted by atomic mass is 9.46. The Morgan fingerprint density at radius 3 is 2.57 bits per heavy atom. The van der Waals surface area contributed by atoms with Gasteiger partial charge in [0.2, 0.25) is 0 Å². The summed E-state index contributed by atoms with van der Waals surface area (Å²) < 4.78 is 0. The van der Waals surface area contributed by atoms with Crippen LogP contribution in [0.15, 0.2) is 16.8 Å². The van der Waals surface area contributed by atoms with Gasteiger partial charge < -0.3 is 20.2 Å². The molecule has 6 nitrogen and oxygen atoms in total. The zero-order chi connectivity index (χ0) is 20.5. The molecule has 0 spiro atoms. The van der Waals surface area contributed by atoms with Crippen LogP contribution in [-0.2, 0) is 9.63 Å². The summed E-state index contributed by atoms with van der Waals surface area (Å²) in [5, 5.41) is 36.6. The van der Waals surface area contributed by atoms with E-state index in [2.05, 4.69) is 19.0 Å². The fourth-order valence-electron chi connectivity index (χ4n) is 7.25. The molecule has 0 saturated heterocycles. The highest BCUT2D eigenvalue weighted by molar-refractivity contribution is 5.95. The molecule has 3 fully saturated rings. The van der Waals surface area contributed by atoms with Crippen molar-refractivity contribution < 1.29 is 25.0 Å². The molecule has 8 unspecified atom stereocenters. The molecule has 3 saturated carbocycles. The van der Waals surface area contributed by atoms with Crippen LogP contribution in [0.1, 0.15) is 59.3 Å². The SMILES string of the molecule is CO/N=C(/C)C1CCC2(O)C3=CC(=O)C4CC(O)C(O)CC4(C)C3CCC12C. The maximum atomic E-state index is 13.1. The van der Waals surface area contributed by atoms with E-state index in [-0.39, 0.29) is 23.5 Å². The minimum Gasteiger partial charge on any atom is -0.399 e. The summed E-state index contributed by atoms with van der Waals surface area (Å²) in [5.41, 5.74) is -0.123. The second-order valence-corrected chi connectivity index (χ2v) is 10.0. The molecule has 0 aromatic rings. The van der Waals surface area contributed by atoms with E-state index in [1.165, 1.54) is 7.11 Å². The summed E-state index contributed by atoms with van der Waals surface area (Å²) in [6, 6.07) is 0. The van der Waals surface area contributed by atoms with Crippen molar-refractivity contribution in [3.63, 3.8) is 0 Å². The van der Waals surface area contributed by atoms with Crippen molar-refractivity contribution in [3.8, 4) is 0 Å². The highest BCUT2D eigenvalue weighted by Gasteiger charge is 2.66. The molecular formula is C22H33NO5. The molecule has 4 rings (SSSR count). The van der Waals surface area contributed by atoms with Gasteiger partial charge in [0, 0.05) is 17.3 Å². The van der Waals surface area contributed by atoms with Crippen LogP contribution in [0.4, 0.5) is 0 Å². The first-order valence-electron chi connectivity index (χ1n) is 10.5. The van der Waals surface area contributed by atoms with Crippen molar-refractivity contribution in [1.82, 2.24) is 0 Å². The van der Waals surface area contributed by atoms with Gasteiger partial charge in [0.05, 0.1) is 23.5 Å². The molecule has 0 heterocycles. The molecule has 6 heteroatoms. The zero-order valence-corrected chi connectivity index (χ0v) is 17.3. The second kappa shape index (κ2) is 6.38. The molecule has 3 N–H and O–H groups in total. The summed E-state index contributed by atoms with van der Waals surface area (Å²) in [5.74, 6) is -0.141. The summed E-state index contributed by atoms with van der Waals surface area (Å²) >= 11 is 0. The molecular weight excluding hydrogens is 358 g/mol. The third-order valence-electron chi connectivity index (χ3n) is 8.86. The molecule has 4 aliphatic carbocycles. The van der Waals surface area contributed by atoms with Crippen LogP contribution < -0.4 is 0 Å². The van der Waals surface area contributed by atoms with E-state index in [0.29, 0.717) is 19.3 Å². The second-order valence-electron chi connectivity index (χ2n) is 10.0. The third kappa shape index (κ3) is 2.44. The molecule has 28 heavy (non-hydrogen) atoms. The number of hydrogen-bond acceptors (Lipinski definition) is 6. The Labute approximate surface area is 166 Å². The van der Waals surface area contributed by atoms with Crippen molar-refractivity contribution in [1.29, 1.82) is 0 Å². The van der Waals surface area contributed by atoms with E-state index in [0.717, 1.165) is 30.5 Å². The highest BCUT2D eigenvalue weighted by Crippen LogP contribution is 2.67. The number of rotatable bonds is 2. The lowest BCUT2D eigenvalue weighted by Gasteiger charge is -2.59. The summed E-state index contributed by atoms with van der Waals surface area (Å²) in [4.78, 5) is 18.1. The third-order valence-corrected chi connectivity index (χ3v) is 8.86. The number of aliphatic hydroxyl groups excluding tert-OH is 2.